The van der Waals surface area contributed by atoms with Crippen LogP contribution in [-0.4, -0.2) is 48.7 Å². The molecule has 2 N–H and O–H groups in total. The summed E-state index contributed by atoms with van der Waals surface area (Å²) >= 11 is 0. The maximum Gasteiger partial charge on any atom is 0.282 e. The van der Waals surface area contributed by atoms with Gasteiger partial charge in [-0.25, -0.2) is 0 Å². The van der Waals surface area contributed by atoms with Gasteiger partial charge in [-0.15, -0.1) is 0 Å². The molecule has 2 aliphatic heterocycles. The van der Waals surface area contributed by atoms with Crippen molar-refractivity contribution in [2.45, 2.75) is 64.0 Å². The zero-order chi connectivity index (χ0) is 13.9. The molecule has 2 rings (SSSR count). The lowest BCUT2D eigenvalue weighted by Crippen LogP contribution is -2.51. The van der Waals surface area contributed by atoms with Crippen LogP contribution in [0.1, 0.15) is 51.9 Å². The van der Waals surface area contributed by atoms with Crippen molar-refractivity contribution < 1.29 is 8.42 Å². The van der Waals surface area contributed by atoms with Gasteiger partial charge in [0.1, 0.15) is 0 Å². The van der Waals surface area contributed by atoms with E-state index in [4.69, 9.17) is 5.73 Å². The van der Waals surface area contributed by atoms with E-state index < -0.39 is 10.2 Å². The van der Waals surface area contributed by atoms with E-state index in [2.05, 4.69) is 0 Å². The molecule has 2 unspecified atom stereocenters. The van der Waals surface area contributed by atoms with Crippen LogP contribution in [-0.2, 0) is 10.2 Å². The van der Waals surface area contributed by atoms with Gasteiger partial charge in [0.2, 0.25) is 0 Å². The van der Waals surface area contributed by atoms with Crippen molar-refractivity contribution in [2.24, 2.45) is 5.73 Å². The third-order valence-electron chi connectivity index (χ3n) is 4.40. The normalized spacial score (nSPS) is 30.8. The number of hydrogen-bond donors (Lipinski definition) is 1. The monoisotopic (exact) mass is 289 g/mol. The molecule has 2 atom stereocenters. The van der Waals surface area contributed by atoms with Gasteiger partial charge in [-0.1, -0.05) is 6.42 Å². The minimum atomic E-state index is -3.26. The second-order valence-corrected chi connectivity index (χ2v) is 7.63. The van der Waals surface area contributed by atoms with E-state index in [1.807, 2.05) is 6.92 Å². The first-order chi connectivity index (χ1) is 9.07. The van der Waals surface area contributed by atoms with Gasteiger partial charge in [-0.05, 0) is 52.0 Å². The summed E-state index contributed by atoms with van der Waals surface area (Å²) in [6.45, 7) is 4.04. The maximum absolute atomic E-state index is 12.8. The van der Waals surface area contributed by atoms with Crippen molar-refractivity contribution in [3.63, 3.8) is 0 Å². The van der Waals surface area contributed by atoms with Crippen molar-refractivity contribution in [1.82, 2.24) is 8.61 Å². The number of hydrogen-bond acceptors (Lipinski definition) is 3. The molecule has 2 saturated heterocycles. The summed E-state index contributed by atoms with van der Waals surface area (Å²) in [6, 6.07) is 0.317. The fourth-order valence-electron chi connectivity index (χ4n) is 3.30. The molecule has 19 heavy (non-hydrogen) atoms. The van der Waals surface area contributed by atoms with Crippen LogP contribution in [0, 0.1) is 0 Å². The van der Waals surface area contributed by atoms with E-state index in [-0.39, 0.29) is 12.1 Å². The molecular weight excluding hydrogens is 262 g/mol. The van der Waals surface area contributed by atoms with Crippen LogP contribution >= 0.6 is 0 Å². The third-order valence-corrected chi connectivity index (χ3v) is 6.61. The Labute approximate surface area is 117 Å². The average Bonchev–Trinajstić information content (AvgIpc) is 2.85. The second kappa shape index (κ2) is 6.52. The van der Waals surface area contributed by atoms with Crippen LogP contribution in [0.3, 0.4) is 0 Å². The summed E-state index contributed by atoms with van der Waals surface area (Å²) in [5.41, 5.74) is 5.55. The highest BCUT2D eigenvalue weighted by atomic mass is 32.2. The molecule has 0 radical (unpaired) electrons. The molecule has 5 nitrogen and oxygen atoms in total. The Hall–Kier alpha value is -0.170. The van der Waals surface area contributed by atoms with Crippen LogP contribution in [0.5, 0.6) is 0 Å². The SMILES string of the molecule is CC1CCCCN1S(=O)(=O)N1CCCC1CCCN. The highest BCUT2D eigenvalue weighted by molar-refractivity contribution is 7.86. The Kier molecular flexibility index (Phi) is 5.22. The molecule has 0 spiro atoms. The molecule has 0 aromatic rings. The Morgan fingerprint density at radius 2 is 1.84 bits per heavy atom. The Morgan fingerprint density at radius 1 is 1.11 bits per heavy atom. The van der Waals surface area contributed by atoms with Gasteiger partial charge in [0.15, 0.2) is 0 Å². The Balaban J connectivity index is 2.09. The Bertz CT molecular complexity index is 385. The maximum atomic E-state index is 12.8. The van der Waals surface area contributed by atoms with E-state index in [0.29, 0.717) is 19.6 Å². The minimum absolute atomic E-state index is 0.148. The summed E-state index contributed by atoms with van der Waals surface area (Å²) in [4.78, 5) is 0. The molecule has 0 amide bonds. The summed E-state index contributed by atoms with van der Waals surface area (Å²) in [5.74, 6) is 0. The van der Waals surface area contributed by atoms with Crippen molar-refractivity contribution in [3.8, 4) is 0 Å². The zero-order valence-corrected chi connectivity index (χ0v) is 12.7. The van der Waals surface area contributed by atoms with Crippen molar-refractivity contribution >= 4 is 10.2 Å². The van der Waals surface area contributed by atoms with Crippen molar-refractivity contribution in [1.29, 1.82) is 0 Å². The molecule has 6 heteroatoms. The van der Waals surface area contributed by atoms with E-state index in [9.17, 15) is 8.42 Å². The predicted octanol–water partition coefficient (Wildman–Crippen LogP) is 1.31. The number of nitrogens with two attached hydrogens (primary N) is 1. The zero-order valence-electron chi connectivity index (χ0n) is 11.9. The quantitative estimate of drug-likeness (QED) is 0.830. The molecule has 0 saturated carbocycles. The molecule has 2 aliphatic rings. The van der Waals surface area contributed by atoms with Crippen LogP contribution in [0.2, 0.25) is 0 Å². The predicted molar refractivity (Wildman–Crippen MR) is 77.0 cm³/mol. The second-order valence-electron chi connectivity index (χ2n) is 5.80. The highest BCUT2D eigenvalue weighted by Crippen LogP contribution is 2.29. The van der Waals surface area contributed by atoms with Crippen molar-refractivity contribution in [3.05, 3.63) is 0 Å². The van der Waals surface area contributed by atoms with Gasteiger partial charge in [-0.2, -0.15) is 17.0 Å². The van der Waals surface area contributed by atoms with E-state index >= 15 is 0 Å². The Morgan fingerprint density at radius 3 is 2.53 bits per heavy atom. The molecular formula is C13H27N3O2S. The van der Waals surface area contributed by atoms with Gasteiger partial charge in [0.25, 0.3) is 10.2 Å². The largest absolute Gasteiger partial charge is 0.330 e. The topological polar surface area (TPSA) is 66.6 Å². The molecule has 2 heterocycles. The lowest BCUT2D eigenvalue weighted by Gasteiger charge is -2.37. The van der Waals surface area contributed by atoms with Crippen LogP contribution < -0.4 is 5.73 Å². The highest BCUT2D eigenvalue weighted by Gasteiger charge is 2.40. The number of nitrogens with zero attached hydrogens (tertiary/aromatic N) is 2. The lowest BCUT2D eigenvalue weighted by molar-refractivity contribution is 0.238. The van der Waals surface area contributed by atoms with Crippen LogP contribution in [0.25, 0.3) is 0 Å². The molecule has 2 fully saturated rings. The summed E-state index contributed by atoms with van der Waals surface area (Å²) in [7, 11) is -3.26. The number of piperidine rings is 1. The van der Waals surface area contributed by atoms with E-state index in [1.165, 1.54) is 0 Å². The fourth-order valence-corrected chi connectivity index (χ4v) is 5.44. The molecule has 0 aromatic carbocycles. The van der Waals surface area contributed by atoms with Crippen LogP contribution in [0.15, 0.2) is 0 Å². The van der Waals surface area contributed by atoms with Gasteiger partial charge >= 0.3 is 0 Å². The van der Waals surface area contributed by atoms with E-state index in [1.54, 1.807) is 8.61 Å². The first kappa shape index (κ1) is 15.2. The smallest absolute Gasteiger partial charge is 0.282 e. The fraction of sp³-hybridized carbons (Fsp3) is 1.00. The lowest BCUT2D eigenvalue weighted by atomic mass is 10.1. The van der Waals surface area contributed by atoms with Crippen LogP contribution in [0.4, 0.5) is 0 Å². The number of rotatable bonds is 5. The van der Waals surface area contributed by atoms with Crippen molar-refractivity contribution in [2.75, 3.05) is 19.6 Å². The van der Waals surface area contributed by atoms with E-state index in [0.717, 1.165) is 44.9 Å². The first-order valence-corrected chi connectivity index (χ1v) is 8.95. The van der Waals surface area contributed by atoms with Gasteiger partial charge < -0.3 is 5.73 Å². The van der Waals surface area contributed by atoms with Gasteiger partial charge in [-0.3, -0.25) is 0 Å². The first-order valence-electron chi connectivity index (χ1n) is 7.56. The molecule has 0 aliphatic carbocycles. The molecule has 0 bridgehead atoms. The molecule has 0 aromatic heterocycles. The third kappa shape index (κ3) is 3.29. The minimum Gasteiger partial charge on any atom is -0.330 e. The average molecular weight is 289 g/mol. The summed E-state index contributed by atoms with van der Waals surface area (Å²) in [5, 5.41) is 0. The van der Waals surface area contributed by atoms with Gasteiger partial charge in [0.05, 0.1) is 0 Å². The molecule has 112 valence electrons. The standard InChI is InChI=1S/C13H27N3O2S/c1-12-6-2-3-10-15(12)19(17,18)16-11-5-8-13(16)7-4-9-14/h12-13H,2-11,14H2,1H3. The van der Waals surface area contributed by atoms with Gasteiger partial charge in [0, 0.05) is 25.2 Å². The summed E-state index contributed by atoms with van der Waals surface area (Å²) < 4.78 is 29.0. The summed E-state index contributed by atoms with van der Waals surface area (Å²) in [6.07, 6.45) is 6.90.